The number of hydrogen-bond acceptors (Lipinski definition) is 4. The van der Waals surface area contributed by atoms with Crippen molar-refractivity contribution >= 4 is 17.2 Å². The van der Waals surface area contributed by atoms with Crippen molar-refractivity contribution in [1.29, 1.82) is 0 Å². The monoisotopic (exact) mass is 262 g/mol. The van der Waals surface area contributed by atoms with Crippen molar-refractivity contribution in [2.24, 2.45) is 5.92 Å². The first kappa shape index (κ1) is 13.5. The van der Waals surface area contributed by atoms with Crippen molar-refractivity contribution in [1.82, 2.24) is 0 Å². The molecule has 0 aliphatic carbocycles. The Morgan fingerprint density at radius 3 is 2.79 bits per heavy atom. The minimum atomic E-state index is -0.501. The van der Waals surface area contributed by atoms with Crippen molar-refractivity contribution in [2.75, 3.05) is 18.0 Å². The van der Waals surface area contributed by atoms with E-state index in [-0.39, 0.29) is 17.0 Å². The summed E-state index contributed by atoms with van der Waals surface area (Å²) in [6.45, 7) is 5.45. The summed E-state index contributed by atoms with van der Waals surface area (Å²) in [6, 6.07) is 4.83. The molecule has 0 spiro atoms. The normalized spacial score (nSPS) is 19.3. The second kappa shape index (κ2) is 5.38. The standard InChI is InChI=1S/C14H18N2O3/c1-10-4-3-7-15(9-10)12-5-6-14(16(18)19)13(8-12)11(2)17/h5-6,8,10H,3-4,7,9H2,1-2H3/t10-/m1/s1. The quantitative estimate of drug-likeness (QED) is 0.477. The van der Waals surface area contributed by atoms with Crippen molar-refractivity contribution in [2.45, 2.75) is 26.7 Å². The van der Waals surface area contributed by atoms with Gasteiger partial charge in [0.1, 0.15) is 0 Å². The van der Waals surface area contributed by atoms with Crippen LogP contribution in [-0.4, -0.2) is 23.8 Å². The molecule has 0 amide bonds. The number of nitro groups is 1. The Kier molecular flexibility index (Phi) is 3.83. The van der Waals surface area contributed by atoms with Crippen molar-refractivity contribution in [3.63, 3.8) is 0 Å². The highest BCUT2D eigenvalue weighted by Crippen LogP contribution is 2.28. The largest absolute Gasteiger partial charge is 0.371 e. The maximum absolute atomic E-state index is 11.5. The maximum atomic E-state index is 11.5. The lowest BCUT2D eigenvalue weighted by atomic mass is 9.99. The highest BCUT2D eigenvalue weighted by atomic mass is 16.6. The van der Waals surface area contributed by atoms with Gasteiger partial charge in [-0.1, -0.05) is 6.92 Å². The first-order valence-corrected chi connectivity index (χ1v) is 6.53. The zero-order chi connectivity index (χ0) is 14.0. The van der Waals surface area contributed by atoms with Gasteiger partial charge in [-0.2, -0.15) is 0 Å². The molecule has 1 atom stereocenters. The first-order valence-electron chi connectivity index (χ1n) is 6.53. The third-order valence-electron chi connectivity index (χ3n) is 3.58. The van der Waals surface area contributed by atoms with Gasteiger partial charge in [-0.05, 0) is 37.8 Å². The molecule has 19 heavy (non-hydrogen) atoms. The number of carbonyl (C=O) groups is 1. The van der Waals surface area contributed by atoms with E-state index in [9.17, 15) is 14.9 Å². The van der Waals surface area contributed by atoms with Crippen LogP contribution >= 0.6 is 0 Å². The van der Waals surface area contributed by atoms with Crippen LogP contribution in [0, 0.1) is 16.0 Å². The van der Waals surface area contributed by atoms with Crippen LogP contribution in [0.25, 0.3) is 0 Å². The zero-order valence-corrected chi connectivity index (χ0v) is 11.3. The summed E-state index contributed by atoms with van der Waals surface area (Å²) in [7, 11) is 0. The fourth-order valence-electron chi connectivity index (χ4n) is 2.59. The molecule has 1 heterocycles. The molecule has 0 radical (unpaired) electrons. The second-order valence-electron chi connectivity index (χ2n) is 5.21. The number of benzene rings is 1. The van der Waals surface area contributed by atoms with Crippen molar-refractivity contribution in [3.8, 4) is 0 Å². The molecule has 5 nitrogen and oxygen atoms in total. The van der Waals surface area contributed by atoms with Gasteiger partial charge in [-0.15, -0.1) is 0 Å². The number of ketones is 1. The smallest absolute Gasteiger partial charge is 0.280 e. The number of Topliss-reactive ketones (excluding diaryl/α,β-unsaturated/α-hetero) is 1. The van der Waals surface area contributed by atoms with E-state index in [1.165, 1.54) is 19.4 Å². The van der Waals surface area contributed by atoms with E-state index in [0.29, 0.717) is 5.92 Å². The van der Waals surface area contributed by atoms with E-state index in [1.807, 2.05) is 0 Å². The van der Waals surface area contributed by atoms with Crippen molar-refractivity contribution in [3.05, 3.63) is 33.9 Å². The molecule has 0 bridgehead atoms. The minimum Gasteiger partial charge on any atom is -0.371 e. The number of rotatable bonds is 3. The van der Waals surface area contributed by atoms with Gasteiger partial charge in [0.05, 0.1) is 10.5 Å². The second-order valence-corrected chi connectivity index (χ2v) is 5.21. The third kappa shape index (κ3) is 2.92. The van der Waals surface area contributed by atoms with Gasteiger partial charge in [0.25, 0.3) is 5.69 Å². The van der Waals surface area contributed by atoms with Gasteiger partial charge in [0, 0.05) is 24.8 Å². The molecule has 1 aliphatic rings. The fraction of sp³-hybridized carbons (Fsp3) is 0.500. The summed E-state index contributed by atoms with van der Waals surface area (Å²) in [4.78, 5) is 24.2. The molecule has 102 valence electrons. The zero-order valence-electron chi connectivity index (χ0n) is 11.3. The van der Waals surface area contributed by atoms with Crippen LogP contribution in [0.4, 0.5) is 11.4 Å². The summed E-state index contributed by atoms with van der Waals surface area (Å²) in [5.74, 6) is 0.350. The Morgan fingerprint density at radius 1 is 1.47 bits per heavy atom. The third-order valence-corrected chi connectivity index (χ3v) is 3.58. The summed E-state index contributed by atoms with van der Waals surface area (Å²) < 4.78 is 0. The Hall–Kier alpha value is -1.91. The Morgan fingerprint density at radius 2 is 2.21 bits per heavy atom. The lowest BCUT2D eigenvalue weighted by molar-refractivity contribution is -0.385. The number of hydrogen-bond donors (Lipinski definition) is 0. The number of carbonyl (C=O) groups excluding carboxylic acids is 1. The van der Waals surface area contributed by atoms with Crippen LogP contribution in [0.15, 0.2) is 18.2 Å². The minimum absolute atomic E-state index is 0.110. The van der Waals surface area contributed by atoms with Crippen LogP contribution in [-0.2, 0) is 0 Å². The molecule has 0 aromatic heterocycles. The Bertz CT molecular complexity index is 513. The van der Waals surface area contributed by atoms with Crippen LogP contribution in [0.5, 0.6) is 0 Å². The maximum Gasteiger partial charge on any atom is 0.280 e. The van der Waals surface area contributed by atoms with E-state index in [0.717, 1.165) is 25.2 Å². The number of anilines is 1. The molecule has 1 aliphatic heterocycles. The molecule has 2 rings (SSSR count). The highest BCUT2D eigenvalue weighted by molar-refractivity contribution is 5.99. The lowest BCUT2D eigenvalue weighted by Gasteiger charge is -2.32. The van der Waals surface area contributed by atoms with Crippen LogP contribution in [0.3, 0.4) is 0 Å². The molecule has 0 unspecified atom stereocenters. The van der Waals surface area contributed by atoms with Gasteiger partial charge < -0.3 is 4.90 Å². The molecular weight excluding hydrogens is 244 g/mol. The molecule has 1 aromatic rings. The van der Waals surface area contributed by atoms with Crippen LogP contribution < -0.4 is 4.90 Å². The molecule has 1 saturated heterocycles. The average Bonchev–Trinajstić information content (AvgIpc) is 2.37. The summed E-state index contributed by atoms with van der Waals surface area (Å²) >= 11 is 0. The summed E-state index contributed by atoms with van der Waals surface area (Å²) in [6.07, 6.45) is 2.33. The molecule has 1 fully saturated rings. The first-order chi connectivity index (χ1) is 8.99. The summed E-state index contributed by atoms with van der Waals surface area (Å²) in [5, 5.41) is 10.9. The summed E-state index contributed by atoms with van der Waals surface area (Å²) in [5.41, 5.74) is 0.990. The number of nitrogens with zero attached hydrogens (tertiary/aromatic N) is 2. The van der Waals surface area contributed by atoms with Gasteiger partial charge in [0.15, 0.2) is 5.78 Å². The molecule has 1 aromatic carbocycles. The Labute approximate surface area is 112 Å². The van der Waals surface area contributed by atoms with Gasteiger partial charge >= 0.3 is 0 Å². The molecule has 0 saturated carbocycles. The van der Waals surface area contributed by atoms with Gasteiger partial charge in [-0.25, -0.2) is 0 Å². The average molecular weight is 262 g/mol. The predicted octanol–water partition coefficient (Wildman–Crippen LogP) is 3.03. The molecule has 0 N–H and O–H groups in total. The number of nitro benzene ring substituents is 1. The van der Waals surface area contributed by atoms with Gasteiger partial charge in [-0.3, -0.25) is 14.9 Å². The lowest BCUT2D eigenvalue weighted by Crippen LogP contribution is -2.34. The van der Waals surface area contributed by atoms with Crippen LogP contribution in [0.1, 0.15) is 37.0 Å². The van der Waals surface area contributed by atoms with E-state index in [1.54, 1.807) is 12.1 Å². The number of piperidine rings is 1. The molecular formula is C14H18N2O3. The van der Waals surface area contributed by atoms with E-state index in [4.69, 9.17) is 0 Å². The highest BCUT2D eigenvalue weighted by Gasteiger charge is 2.21. The van der Waals surface area contributed by atoms with Crippen molar-refractivity contribution < 1.29 is 9.72 Å². The SMILES string of the molecule is CC(=O)c1cc(N2CCC[C@@H](C)C2)ccc1[N+](=O)[O-]. The predicted molar refractivity (Wildman–Crippen MR) is 73.7 cm³/mol. The molecule has 5 heteroatoms. The van der Waals surface area contributed by atoms with E-state index >= 15 is 0 Å². The Balaban J connectivity index is 2.35. The van der Waals surface area contributed by atoms with E-state index in [2.05, 4.69) is 11.8 Å². The van der Waals surface area contributed by atoms with Crippen LogP contribution in [0.2, 0.25) is 0 Å². The fourth-order valence-corrected chi connectivity index (χ4v) is 2.59. The van der Waals surface area contributed by atoms with E-state index < -0.39 is 4.92 Å². The van der Waals surface area contributed by atoms with Gasteiger partial charge in [0.2, 0.25) is 0 Å². The topological polar surface area (TPSA) is 63.5 Å².